The molecule has 2 nitrogen and oxygen atoms in total. The van der Waals surface area contributed by atoms with Crippen molar-refractivity contribution in [1.29, 1.82) is 0 Å². The van der Waals surface area contributed by atoms with Crippen LogP contribution in [0.4, 0.5) is 4.20 Å². The Morgan fingerprint density at radius 2 is 0.806 bits per heavy atom. The van der Waals surface area contributed by atoms with Crippen molar-refractivity contribution in [3.8, 4) is 0 Å². The van der Waals surface area contributed by atoms with Gasteiger partial charge in [-0.15, -0.1) is 0 Å². The van der Waals surface area contributed by atoms with Crippen LogP contribution >= 0.6 is 6.80 Å². The second kappa shape index (κ2) is 22.3. The molecule has 0 bridgehead atoms. The molecule has 0 radical (unpaired) electrons. The van der Waals surface area contributed by atoms with E-state index >= 15 is 0 Å². The van der Waals surface area contributed by atoms with Gasteiger partial charge in [-0.2, -0.15) is 4.20 Å². The molecule has 5 heteroatoms. The van der Waals surface area contributed by atoms with E-state index in [-0.39, 0.29) is 12.2 Å². The van der Waals surface area contributed by atoms with Crippen LogP contribution in [-0.2, 0) is 20.9 Å². The summed E-state index contributed by atoms with van der Waals surface area (Å²) in [6.45, 7) is 4.74. The van der Waals surface area contributed by atoms with E-state index in [2.05, 4.69) is 13.8 Å². The lowest BCUT2D eigenvalue weighted by Gasteiger charge is -2.22. The Bertz CT molecular complexity index is 388. The van der Waals surface area contributed by atoms with Gasteiger partial charge < -0.3 is 9.05 Å². The monoisotopic (exact) mass is 480 g/mol. The molecule has 0 aliphatic heterocycles. The van der Waals surface area contributed by atoms with Crippen LogP contribution in [0.25, 0.3) is 0 Å². The van der Waals surface area contributed by atoms with E-state index < -0.39 is 6.80 Å². The third-order valence-electron chi connectivity index (χ3n) is 6.04. The summed E-state index contributed by atoms with van der Waals surface area (Å²) in [7, 11) is 0. The first kappa shape index (κ1) is 31.5. The van der Waals surface area contributed by atoms with E-state index in [4.69, 9.17) is 20.9 Å². The Morgan fingerprint density at radius 3 is 1.10 bits per heavy atom. The van der Waals surface area contributed by atoms with Crippen LogP contribution in [0.2, 0.25) is 0 Å². The summed E-state index contributed by atoms with van der Waals surface area (Å²) in [5.74, 6) is 0. The number of halogens is 1. The SMILES string of the molecule is CCCCCCCCCCCC(C)OP(F)(=S)OC(C)CCCCCCCCCCC. The number of unbranched alkanes of at least 4 members (excludes halogenated alkanes) is 16. The lowest BCUT2D eigenvalue weighted by atomic mass is 10.1. The molecule has 0 aromatic carbocycles. The highest BCUT2D eigenvalue weighted by Gasteiger charge is 2.24. The zero-order valence-corrected chi connectivity index (χ0v) is 23.1. The second-order valence-electron chi connectivity index (χ2n) is 9.50. The summed E-state index contributed by atoms with van der Waals surface area (Å²) in [5.41, 5.74) is 0. The molecule has 0 fully saturated rings. The summed E-state index contributed by atoms with van der Waals surface area (Å²) in [4.78, 5) is 0. The summed E-state index contributed by atoms with van der Waals surface area (Å²) in [6, 6.07) is 0. The van der Waals surface area contributed by atoms with Gasteiger partial charge in [0.05, 0.1) is 12.2 Å². The normalized spacial score (nSPS) is 15.6. The number of hydrogen-bond donors (Lipinski definition) is 0. The Kier molecular flexibility index (Phi) is 22.7. The van der Waals surface area contributed by atoms with Crippen molar-refractivity contribution >= 4 is 18.6 Å². The molecular weight excluding hydrogens is 426 g/mol. The minimum atomic E-state index is -3.63. The molecule has 188 valence electrons. The highest BCUT2D eigenvalue weighted by atomic mass is 32.5. The average Bonchev–Trinajstić information content (AvgIpc) is 2.70. The van der Waals surface area contributed by atoms with Crippen LogP contribution in [0.3, 0.4) is 0 Å². The van der Waals surface area contributed by atoms with Crippen molar-refractivity contribution in [2.24, 2.45) is 0 Å². The number of hydrogen-bond acceptors (Lipinski definition) is 3. The van der Waals surface area contributed by atoms with Gasteiger partial charge >= 0.3 is 6.80 Å². The van der Waals surface area contributed by atoms with E-state index in [0.717, 1.165) is 25.7 Å². The molecule has 0 rings (SSSR count). The summed E-state index contributed by atoms with van der Waals surface area (Å²) in [5, 5.41) is 0. The van der Waals surface area contributed by atoms with E-state index in [0.29, 0.717) is 0 Å². The lowest BCUT2D eigenvalue weighted by molar-refractivity contribution is 0.126. The van der Waals surface area contributed by atoms with E-state index in [1.165, 1.54) is 103 Å². The van der Waals surface area contributed by atoms with Crippen molar-refractivity contribution in [2.45, 2.75) is 168 Å². The third kappa shape index (κ3) is 23.5. The lowest BCUT2D eigenvalue weighted by Crippen LogP contribution is -2.10. The zero-order chi connectivity index (χ0) is 23.2. The fourth-order valence-electron chi connectivity index (χ4n) is 4.05. The quantitative estimate of drug-likeness (QED) is 0.101. The van der Waals surface area contributed by atoms with Crippen LogP contribution in [-0.4, -0.2) is 12.2 Å². The second-order valence-corrected chi connectivity index (χ2v) is 12.1. The fraction of sp³-hybridized carbons (Fsp3) is 1.00. The Balaban J connectivity index is 3.66. The fourth-order valence-corrected chi connectivity index (χ4v) is 6.05. The highest BCUT2D eigenvalue weighted by molar-refractivity contribution is 8.07. The van der Waals surface area contributed by atoms with Gasteiger partial charge in [0, 0.05) is 0 Å². The van der Waals surface area contributed by atoms with Gasteiger partial charge in [-0.3, -0.25) is 0 Å². The zero-order valence-electron chi connectivity index (χ0n) is 21.3. The third-order valence-corrected chi connectivity index (χ3v) is 7.78. The van der Waals surface area contributed by atoms with Gasteiger partial charge in [-0.25, -0.2) is 0 Å². The number of rotatable bonds is 24. The molecule has 0 saturated heterocycles. The minimum Gasteiger partial charge on any atom is -0.302 e. The van der Waals surface area contributed by atoms with Crippen LogP contribution < -0.4 is 0 Å². The Hall–Kier alpha value is 0.500. The van der Waals surface area contributed by atoms with Gasteiger partial charge in [-0.1, -0.05) is 129 Å². The van der Waals surface area contributed by atoms with Gasteiger partial charge in [0.2, 0.25) is 0 Å². The molecule has 0 aliphatic rings. The predicted octanol–water partition coefficient (Wildman–Crippen LogP) is 10.8. The van der Waals surface area contributed by atoms with Gasteiger partial charge in [0.25, 0.3) is 0 Å². The van der Waals surface area contributed by atoms with Gasteiger partial charge in [0.1, 0.15) is 0 Å². The molecule has 0 aromatic heterocycles. The van der Waals surface area contributed by atoms with Crippen LogP contribution in [0.1, 0.15) is 156 Å². The Labute approximate surface area is 200 Å². The minimum absolute atomic E-state index is 0.153. The van der Waals surface area contributed by atoms with Crippen molar-refractivity contribution in [2.75, 3.05) is 0 Å². The molecular formula is C26H54FO2PS. The van der Waals surface area contributed by atoms with Crippen molar-refractivity contribution in [3.05, 3.63) is 0 Å². The van der Waals surface area contributed by atoms with Gasteiger partial charge in [-0.05, 0) is 38.5 Å². The maximum absolute atomic E-state index is 14.6. The first-order valence-corrected chi connectivity index (χ1v) is 16.1. The molecule has 0 saturated carbocycles. The topological polar surface area (TPSA) is 18.5 Å². The molecule has 0 aliphatic carbocycles. The molecule has 31 heavy (non-hydrogen) atoms. The van der Waals surface area contributed by atoms with Crippen molar-refractivity contribution < 1.29 is 13.2 Å². The molecule has 2 atom stereocenters. The standard InChI is InChI=1S/C26H54FO2PS/c1-5-7-9-11-13-15-17-19-21-23-25(3)28-30(27,31)29-26(4)24-22-20-18-16-14-12-10-8-6-2/h25-26H,5-24H2,1-4H3. The van der Waals surface area contributed by atoms with Crippen LogP contribution in [0.5, 0.6) is 0 Å². The first-order chi connectivity index (χ1) is 14.9. The predicted molar refractivity (Wildman–Crippen MR) is 140 cm³/mol. The maximum Gasteiger partial charge on any atom is 0.366 e. The molecule has 0 N–H and O–H groups in total. The van der Waals surface area contributed by atoms with Crippen LogP contribution in [0, 0.1) is 0 Å². The van der Waals surface area contributed by atoms with Crippen molar-refractivity contribution in [1.82, 2.24) is 0 Å². The summed E-state index contributed by atoms with van der Waals surface area (Å²) < 4.78 is 25.6. The Morgan fingerprint density at radius 1 is 0.548 bits per heavy atom. The largest absolute Gasteiger partial charge is 0.366 e. The molecule has 0 amide bonds. The average molecular weight is 481 g/mol. The van der Waals surface area contributed by atoms with Crippen molar-refractivity contribution in [3.63, 3.8) is 0 Å². The van der Waals surface area contributed by atoms with E-state index in [1.54, 1.807) is 0 Å². The molecule has 0 heterocycles. The molecule has 2 unspecified atom stereocenters. The first-order valence-electron chi connectivity index (χ1n) is 13.6. The molecule has 0 spiro atoms. The highest BCUT2D eigenvalue weighted by Crippen LogP contribution is 2.53. The maximum atomic E-state index is 14.6. The summed E-state index contributed by atoms with van der Waals surface area (Å²) in [6.07, 6.45) is 24.7. The summed E-state index contributed by atoms with van der Waals surface area (Å²) >= 11 is 5.04. The molecule has 0 aromatic rings. The van der Waals surface area contributed by atoms with Crippen LogP contribution in [0.15, 0.2) is 0 Å². The van der Waals surface area contributed by atoms with E-state index in [9.17, 15) is 4.20 Å². The smallest absolute Gasteiger partial charge is 0.302 e. The van der Waals surface area contributed by atoms with Gasteiger partial charge in [0.15, 0.2) is 0 Å². The van der Waals surface area contributed by atoms with E-state index in [1.807, 2.05) is 13.8 Å².